The highest BCUT2D eigenvalue weighted by Crippen LogP contribution is 2.29. The summed E-state index contributed by atoms with van der Waals surface area (Å²) in [6.45, 7) is 5.73. The molecule has 6 heteroatoms. The fourth-order valence-corrected chi connectivity index (χ4v) is 4.11. The molecule has 1 saturated carbocycles. The number of carbonyl (C=O) groups is 1. The molecule has 3 heterocycles. The first-order valence-electron chi connectivity index (χ1n) is 8.62. The van der Waals surface area contributed by atoms with E-state index in [1.165, 1.54) is 24.2 Å². The Kier molecular flexibility index (Phi) is 4.41. The Morgan fingerprint density at radius 2 is 2.12 bits per heavy atom. The molecular formula is C18H23N3O2S. The van der Waals surface area contributed by atoms with Crippen LogP contribution in [0, 0.1) is 18.8 Å². The molecule has 2 aliphatic rings. The van der Waals surface area contributed by atoms with E-state index in [-0.39, 0.29) is 11.8 Å². The summed E-state index contributed by atoms with van der Waals surface area (Å²) in [6.07, 6.45) is 4.42. The van der Waals surface area contributed by atoms with Crippen LogP contribution < -0.4 is 0 Å². The number of rotatable bonds is 5. The van der Waals surface area contributed by atoms with Crippen LogP contribution in [0.4, 0.5) is 0 Å². The summed E-state index contributed by atoms with van der Waals surface area (Å²) in [6, 6.07) is 4.02. The van der Waals surface area contributed by atoms with Gasteiger partial charge in [0.25, 0.3) is 5.91 Å². The summed E-state index contributed by atoms with van der Waals surface area (Å²) in [7, 11) is 0. The third-order valence-corrected chi connectivity index (χ3v) is 5.82. The van der Waals surface area contributed by atoms with Crippen LogP contribution in [-0.4, -0.2) is 40.3 Å². The summed E-state index contributed by atoms with van der Waals surface area (Å²) in [5, 5.41) is 6.41. The number of aryl methyl sites for hydroxylation is 1. The van der Waals surface area contributed by atoms with E-state index < -0.39 is 0 Å². The van der Waals surface area contributed by atoms with Gasteiger partial charge in [-0.15, -0.1) is 11.3 Å². The predicted octanol–water partition coefficient (Wildman–Crippen LogP) is 2.95. The Hall–Kier alpha value is -1.66. The van der Waals surface area contributed by atoms with Crippen molar-refractivity contribution in [2.24, 2.45) is 11.8 Å². The molecule has 0 spiro atoms. The Morgan fingerprint density at radius 3 is 2.88 bits per heavy atom. The number of amides is 1. The van der Waals surface area contributed by atoms with Crippen LogP contribution in [0.1, 0.15) is 33.8 Å². The Morgan fingerprint density at radius 1 is 1.29 bits per heavy atom. The standard InChI is InChI=1S/C18H23N3O2S/c1-13-5-7-24-17(13)18(22)20-8-15(12-23-11-14-2-3-14)9-21-16(10-20)4-6-19-21/h4-7,14-15H,2-3,8-12H2,1H3/t15-/m1/s1. The van der Waals surface area contributed by atoms with Crippen LogP contribution in [-0.2, 0) is 17.8 Å². The molecule has 1 aliphatic heterocycles. The third-order valence-electron chi connectivity index (χ3n) is 4.81. The van der Waals surface area contributed by atoms with E-state index in [9.17, 15) is 4.79 Å². The Balaban J connectivity index is 1.50. The van der Waals surface area contributed by atoms with Crippen molar-refractivity contribution in [1.29, 1.82) is 0 Å². The second-order valence-electron chi connectivity index (χ2n) is 6.97. The largest absolute Gasteiger partial charge is 0.381 e. The van der Waals surface area contributed by atoms with Gasteiger partial charge >= 0.3 is 0 Å². The normalized spacial score (nSPS) is 20.7. The lowest BCUT2D eigenvalue weighted by atomic mass is 10.1. The number of fused-ring (bicyclic) bond motifs is 1. The fourth-order valence-electron chi connectivity index (χ4n) is 3.21. The molecule has 0 radical (unpaired) electrons. The van der Waals surface area contributed by atoms with Gasteiger partial charge < -0.3 is 9.64 Å². The summed E-state index contributed by atoms with van der Waals surface area (Å²) in [5.74, 6) is 1.18. The Bertz CT molecular complexity index is 719. The highest BCUT2D eigenvalue weighted by atomic mass is 32.1. The van der Waals surface area contributed by atoms with Crippen LogP contribution in [0.25, 0.3) is 0 Å². The zero-order chi connectivity index (χ0) is 16.5. The third kappa shape index (κ3) is 3.39. The molecule has 1 aliphatic carbocycles. The first kappa shape index (κ1) is 15.8. The van der Waals surface area contributed by atoms with Gasteiger partial charge in [0.05, 0.1) is 23.7 Å². The number of carbonyl (C=O) groups excluding carboxylic acids is 1. The maximum absolute atomic E-state index is 13.0. The zero-order valence-electron chi connectivity index (χ0n) is 14.0. The van der Waals surface area contributed by atoms with Crippen LogP contribution in [0.2, 0.25) is 0 Å². The molecule has 0 unspecified atom stereocenters. The summed E-state index contributed by atoms with van der Waals surface area (Å²) in [5.41, 5.74) is 2.16. The molecule has 1 amide bonds. The first-order chi connectivity index (χ1) is 11.7. The van der Waals surface area contributed by atoms with E-state index in [1.54, 1.807) is 0 Å². The average molecular weight is 345 g/mol. The van der Waals surface area contributed by atoms with Gasteiger partial charge in [0.2, 0.25) is 0 Å². The molecule has 2 aromatic rings. The highest BCUT2D eigenvalue weighted by Gasteiger charge is 2.28. The molecule has 0 N–H and O–H groups in total. The minimum Gasteiger partial charge on any atom is -0.381 e. The van der Waals surface area contributed by atoms with Gasteiger partial charge in [-0.25, -0.2) is 0 Å². The van der Waals surface area contributed by atoms with E-state index in [4.69, 9.17) is 4.74 Å². The second kappa shape index (κ2) is 6.69. The molecule has 1 atom stereocenters. The lowest BCUT2D eigenvalue weighted by Crippen LogP contribution is -2.35. The minimum absolute atomic E-state index is 0.129. The Labute approximate surface area is 146 Å². The van der Waals surface area contributed by atoms with Crippen LogP contribution >= 0.6 is 11.3 Å². The maximum Gasteiger partial charge on any atom is 0.264 e. The van der Waals surface area contributed by atoms with Crippen molar-refractivity contribution in [3.05, 3.63) is 39.8 Å². The van der Waals surface area contributed by atoms with Crippen molar-refractivity contribution in [2.75, 3.05) is 19.8 Å². The lowest BCUT2D eigenvalue weighted by molar-refractivity contribution is 0.0571. The van der Waals surface area contributed by atoms with Gasteiger partial charge in [-0.2, -0.15) is 5.10 Å². The van der Waals surface area contributed by atoms with E-state index in [1.807, 2.05) is 40.2 Å². The van der Waals surface area contributed by atoms with Crippen LogP contribution in [0.5, 0.6) is 0 Å². The minimum atomic E-state index is 0.129. The molecule has 5 nitrogen and oxygen atoms in total. The van der Waals surface area contributed by atoms with Crippen LogP contribution in [0.15, 0.2) is 23.7 Å². The van der Waals surface area contributed by atoms with E-state index in [2.05, 4.69) is 5.10 Å². The smallest absolute Gasteiger partial charge is 0.264 e. The number of hydrogen-bond acceptors (Lipinski definition) is 4. The number of aromatic nitrogens is 2. The number of ether oxygens (including phenoxy) is 1. The zero-order valence-corrected chi connectivity index (χ0v) is 14.8. The average Bonchev–Trinajstić information content (AvgIpc) is 3.19. The van der Waals surface area contributed by atoms with E-state index in [0.29, 0.717) is 13.2 Å². The number of nitrogens with zero attached hydrogens (tertiary/aromatic N) is 3. The molecule has 24 heavy (non-hydrogen) atoms. The van der Waals surface area contributed by atoms with Gasteiger partial charge in [-0.3, -0.25) is 9.48 Å². The molecule has 128 valence electrons. The molecule has 4 rings (SSSR count). The molecule has 1 fully saturated rings. The van der Waals surface area contributed by atoms with Crippen molar-refractivity contribution in [3.63, 3.8) is 0 Å². The van der Waals surface area contributed by atoms with Crippen molar-refractivity contribution in [3.8, 4) is 0 Å². The maximum atomic E-state index is 13.0. The van der Waals surface area contributed by atoms with E-state index in [0.717, 1.165) is 41.7 Å². The highest BCUT2D eigenvalue weighted by molar-refractivity contribution is 7.12. The molecule has 0 saturated heterocycles. The van der Waals surface area contributed by atoms with E-state index >= 15 is 0 Å². The van der Waals surface area contributed by atoms with Crippen molar-refractivity contribution in [2.45, 2.75) is 32.9 Å². The van der Waals surface area contributed by atoms with Crippen LogP contribution in [0.3, 0.4) is 0 Å². The lowest BCUT2D eigenvalue weighted by Gasteiger charge is -2.24. The predicted molar refractivity (Wildman–Crippen MR) is 93.1 cm³/mol. The molecule has 0 bridgehead atoms. The van der Waals surface area contributed by atoms with Gasteiger partial charge in [-0.05, 0) is 48.8 Å². The fraction of sp³-hybridized carbons (Fsp3) is 0.556. The van der Waals surface area contributed by atoms with Gasteiger partial charge in [0.15, 0.2) is 0 Å². The number of thiophene rings is 1. The molecular weight excluding hydrogens is 322 g/mol. The first-order valence-corrected chi connectivity index (χ1v) is 9.50. The SMILES string of the molecule is Cc1ccsc1C(=O)N1Cc2ccnn2C[C@H](COCC2CC2)C1. The monoisotopic (exact) mass is 345 g/mol. The van der Waals surface area contributed by atoms with Gasteiger partial charge in [0, 0.05) is 31.8 Å². The van der Waals surface area contributed by atoms with Crippen molar-refractivity contribution < 1.29 is 9.53 Å². The quantitative estimate of drug-likeness (QED) is 0.837. The van der Waals surface area contributed by atoms with Crippen molar-refractivity contribution >= 4 is 17.2 Å². The topological polar surface area (TPSA) is 47.4 Å². The van der Waals surface area contributed by atoms with Gasteiger partial charge in [0.1, 0.15) is 0 Å². The number of hydrogen-bond donors (Lipinski definition) is 0. The van der Waals surface area contributed by atoms with Gasteiger partial charge in [-0.1, -0.05) is 0 Å². The molecule has 2 aromatic heterocycles. The summed E-state index contributed by atoms with van der Waals surface area (Å²) < 4.78 is 7.94. The molecule has 0 aromatic carbocycles. The van der Waals surface area contributed by atoms with Crippen molar-refractivity contribution in [1.82, 2.24) is 14.7 Å². The summed E-state index contributed by atoms with van der Waals surface area (Å²) in [4.78, 5) is 15.8. The second-order valence-corrected chi connectivity index (χ2v) is 7.89. The summed E-state index contributed by atoms with van der Waals surface area (Å²) >= 11 is 1.53.